The van der Waals surface area contributed by atoms with Gasteiger partial charge in [0.1, 0.15) is 12.4 Å². The number of hydrogen-bond acceptors (Lipinski definition) is 3. The molecule has 0 aliphatic rings. The molecule has 1 aromatic rings. The topological polar surface area (TPSA) is 38.5 Å². The van der Waals surface area contributed by atoms with Gasteiger partial charge in [0.2, 0.25) is 0 Å². The molecule has 0 radical (unpaired) electrons. The Hall–Kier alpha value is -0.770. The molecule has 4 heteroatoms. The van der Waals surface area contributed by atoms with Gasteiger partial charge in [-0.25, -0.2) is 0 Å². The molecule has 0 aliphatic carbocycles. The Kier molecular flexibility index (Phi) is 4.80. The van der Waals surface area contributed by atoms with E-state index in [0.29, 0.717) is 23.9 Å². The number of benzene rings is 1. The van der Waals surface area contributed by atoms with Crippen LogP contribution in [0.25, 0.3) is 0 Å². The zero-order chi connectivity index (χ0) is 13.1. The van der Waals surface area contributed by atoms with Crippen LogP contribution in [0, 0.1) is 0 Å². The SMILES string of the molecule is CN(C)C(C)(C)COc1ccc(CN)cc1Cl. The van der Waals surface area contributed by atoms with Gasteiger partial charge in [-0.3, -0.25) is 0 Å². The van der Waals surface area contributed by atoms with Crippen LogP contribution in [0.3, 0.4) is 0 Å². The zero-order valence-electron chi connectivity index (χ0n) is 11.0. The molecule has 1 rings (SSSR count). The number of nitrogens with two attached hydrogens (primary N) is 1. The van der Waals surface area contributed by atoms with Crippen molar-refractivity contribution < 1.29 is 4.74 Å². The number of hydrogen-bond donors (Lipinski definition) is 1. The summed E-state index contributed by atoms with van der Waals surface area (Å²) in [6.07, 6.45) is 0. The second kappa shape index (κ2) is 5.71. The maximum atomic E-state index is 6.12. The van der Waals surface area contributed by atoms with Crippen LogP contribution in [-0.2, 0) is 6.54 Å². The van der Waals surface area contributed by atoms with Gasteiger partial charge >= 0.3 is 0 Å². The van der Waals surface area contributed by atoms with Crippen LogP contribution in [0.5, 0.6) is 5.75 Å². The normalized spacial score (nSPS) is 11.9. The minimum atomic E-state index is -0.0319. The number of nitrogens with zero attached hydrogens (tertiary/aromatic N) is 1. The lowest BCUT2D eigenvalue weighted by Gasteiger charge is -2.32. The van der Waals surface area contributed by atoms with Gasteiger partial charge in [-0.2, -0.15) is 0 Å². The van der Waals surface area contributed by atoms with Gasteiger partial charge < -0.3 is 15.4 Å². The van der Waals surface area contributed by atoms with E-state index >= 15 is 0 Å². The second-order valence-corrected chi connectivity index (χ2v) is 5.37. The fourth-order valence-electron chi connectivity index (χ4n) is 1.17. The van der Waals surface area contributed by atoms with Crippen molar-refractivity contribution >= 4 is 11.6 Å². The van der Waals surface area contributed by atoms with Crippen molar-refractivity contribution in [2.75, 3.05) is 20.7 Å². The molecule has 0 saturated heterocycles. The quantitative estimate of drug-likeness (QED) is 0.880. The highest BCUT2D eigenvalue weighted by Gasteiger charge is 2.21. The third-order valence-corrected chi connectivity index (χ3v) is 3.32. The molecule has 0 heterocycles. The fourth-order valence-corrected chi connectivity index (χ4v) is 1.43. The molecule has 3 nitrogen and oxygen atoms in total. The van der Waals surface area contributed by atoms with Crippen LogP contribution < -0.4 is 10.5 Å². The van der Waals surface area contributed by atoms with E-state index in [9.17, 15) is 0 Å². The zero-order valence-corrected chi connectivity index (χ0v) is 11.7. The van der Waals surface area contributed by atoms with E-state index in [1.165, 1.54) is 0 Å². The van der Waals surface area contributed by atoms with E-state index in [-0.39, 0.29) is 5.54 Å². The van der Waals surface area contributed by atoms with Gasteiger partial charge in [-0.15, -0.1) is 0 Å². The molecule has 17 heavy (non-hydrogen) atoms. The maximum absolute atomic E-state index is 6.12. The van der Waals surface area contributed by atoms with Crippen molar-refractivity contribution in [3.05, 3.63) is 28.8 Å². The third-order valence-electron chi connectivity index (χ3n) is 3.02. The van der Waals surface area contributed by atoms with Crippen molar-refractivity contribution in [3.63, 3.8) is 0 Å². The van der Waals surface area contributed by atoms with Gasteiger partial charge in [0.25, 0.3) is 0 Å². The molecular formula is C13H21ClN2O. The first-order chi connectivity index (χ1) is 7.86. The summed E-state index contributed by atoms with van der Waals surface area (Å²) in [6, 6.07) is 5.65. The van der Waals surface area contributed by atoms with Gasteiger partial charge in [0, 0.05) is 12.1 Å². The lowest BCUT2D eigenvalue weighted by atomic mass is 10.1. The largest absolute Gasteiger partial charge is 0.490 e. The number of rotatable bonds is 5. The van der Waals surface area contributed by atoms with E-state index in [4.69, 9.17) is 22.1 Å². The average molecular weight is 257 g/mol. The van der Waals surface area contributed by atoms with Crippen LogP contribution in [-0.4, -0.2) is 31.1 Å². The molecule has 0 atom stereocenters. The summed E-state index contributed by atoms with van der Waals surface area (Å²) >= 11 is 6.12. The predicted octanol–water partition coefficient (Wildman–Crippen LogP) is 2.52. The van der Waals surface area contributed by atoms with E-state index in [1.54, 1.807) is 0 Å². The predicted molar refractivity (Wildman–Crippen MR) is 72.6 cm³/mol. The first kappa shape index (κ1) is 14.3. The summed E-state index contributed by atoms with van der Waals surface area (Å²) in [5.41, 5.74) is 6.52. The number of halogens is 1. The molecular weight excluding hydrogens is 236 g/mol. The fraction of sp³-hybridized carbons (Fsp3) is 0.538. The van der Waals surface area contributed by atoms with Crippen molar-refractivity contribution in [1.29, 1.82) is 0 Å². The summed E-state index contributed by atoms with van der Waals surface area (Å²) in [5.74, 6) is 0.707. The van der Waals surface area contributed by atoms with E-state index in [0.717, 1.165) is 5.56 Å². The van der Waals surface area contributed by atoms with Crippen LogP contribution >= 0.6 is 11.6 Å². The lowest BCUT2D eigenvalue weighted by molar-refractivity contribution is 0.114. The average Bonchev–Trinajstić information content (AvgIpc) is 2.27. The van der Waals surface area contributed by atoms with E-state index in [2.05, 4.69) is 18.7 Å². The second-order valence-electron chi connectivity index (χ2n) is 4.96. The van der Waals surface area contributed by atoms with Crippen molar-refractivity contribution in [2.24, 2.45) is 5.73 Å². The summed E-state index contributed by atoms with van der Waals surface area (Å²) in [4.78, 5) is 2.12. The van der Waals surface area contributed by atoms with Crippen molar-refractivity contribution in [1.82, 2.24) is 4.90 Å². The minimum absolute atomic E-state index is 0.0319. The highest BCUT2D eigenvalue weighted by atomic mass is 35.5. The Labute approximate surface area is 109 Å². The molecule has 1 aromatic carbocycles. The Morgan fingerprint density at radius 3 is 2.47 bits per heavy atom. The Morgan fingerprint density at radius 2 is 2.00 bits per heavy atom. The molecule has 0 saturated carbocycles. The van der Waals surface area contributed by atoms with Gasteiger partial charge in [0.15, 0.2) is 0 Å². The standard InChI is InChI=1S/C13H21ClN2O/c1-13(2,16(3)4)9-17-12-6-5-10(8-15)7-11(12)14/h5-7H,8-9,15H2,1-4H3. The van der Waals surface area contributed by atoms with Crippen LogP contribution in [0.2, 0.25) is 5.02 Å². The highest BCUT2D eigenvalue weighted by molar-refractivity contribution is 6.32. The van der Waals surface area contributed by atoms with Crippen LogP contribution in [0.1, 0.15) is 19.4 Å². The van der Waals surface area contributed by atoms with Gasteiger partial charge in [-0.05, 0) is 45.6 Å². The molecule has 0 unspecified atom stereocenters. The maximum Gasteiger partial charge on any atom is 0.138 e. The number of ether oxygens (including phenoxy) is 1. The van der Waals surface area contributed by atoms with Crippen LogP contribution in [0.15, 0.2) is 18.2 Å². The van der Waals surface area contributed by atoms with E-state index in [1.807, 2.05) is 32.3 Å². The molecule has 2 N–H and O–H groups in total. The minimum Gasteiger partial charge on any atom is -0.490 e. The first-order valence-corrected chi connectivity index (χ1v) is 6.03. The first-order valence-electron chi connectivity index (χ1n) is 5.65. The monoisotopic (exact) mass is 256 g/mol. The summed E-state index contributed by atoms with van der Waals surface area (Å²) in [7, 11) is 4.06. The summed E-state index contributed by atoms with van der Waals surface area (Å²) in [6.45, 7) is 5.31. The molecule has 96 valence electrons. The molecule has 0 bridgehead atoms. The Balaban J connectivity index is 2.70. The Morgan fingerprint density at radius 1 is 1.35 bits per heavy atom. The molecule has 0 aliphatic heterocycles. The highest BCUT2D eigenvalue weighted by Crippen LogP contribution is 2.26. The van der Waals surface area contributed by atoms with E-state index < -0.39 is 0 Å². The number of likely N-dealkylation sites (N-methyl/N-ethyl adjacent to an activating group) is 1. The third kappa shape index (κ3) is 3.87. The van der Waals surface area contributed by atoms with Crippen LogP contribution in [0.4, 0.5) is 0 Å². The summed E-state index contributed by atoms with van der Waals surface area (Å²) < 4.78 is 5.75. The molecule has 0 spiro atoms. The lowest BCUT2D eigenvalue weighted by Crippen LogP contribution is -2.43. The molecule has 0 aromatic heterocycles. The van der Waals surface area contributed by atoms with Gasteiger partial charge in [0.05, 0.1) is 5.02 Å². The molecule has 0 amide bonds. The summed E-state index contributed by atoms with van der Waals surface area (Å²) in [5, 5.41) is 0.613. The van der Waals surface area contributed by atoms with Crippen molar-refractivity contribution in [3.8, 4) is 5.75 Å². The van der Waals surface area contributed by atoms with Gasteiger partial charge in [-0.1, -0.05) is 17.7 Å². The Bertz CT molecular complexity index is 378. The smallest absolute Gasteiger partial charge is 0.138 e. The van der Waals surface area contributed by atoms with Crippen molar-refractivity contribution in [2.45, 2.75) is 25.9 Å². The molecule has 0 fully saturated rings.